The van der Waals surface area contributed by atoms with E-state index in [1.165, 1.54) is 4.90 Å². The number of hydrogen-bond donors (Lipinski definition) is 1. The van der Waals surface area contributed by atoms with Crippen molar-refractivity contribution in [1.29, 1.82) is 0 Å². The fourth-order valence-corrected chi connectivity index (χ4v) is 3.46. The summed E-state index contributed by atoms with van der Waals surface area (Å²) in [5.74, 6) is -0.629. The van der Waals surface area contributed by atoms with E-state index in [1.807, 2.05) is 13.0 Å². The highest BCUT2D eigenvalue weighted by Gasteiger charge is 2.35. The van der Waals surface area contributed by atoms with Crippen LogP contribution in [0.1, 0.15) is 28.5 Å². The van der Waals surface area contributed by atoms with Gasteiger partial charge in [0.05, 0.1) is 0 Å². The van der Waals surface area contributed by atoms with Gasteiger partial charge in [-0.05, 0) is 50.6 Å². The number of halogens is 1. The van der Waals surface area contributed by atoms with E-state index in [4.69, 9.17) is 11.6 Å². The number of aromatic nitrogens is 1. The Morgan fingerprint density at radius 1 is 1.23 bits per heavy atom. The molecule has 2 aromatic rings. The lowest BCUT2D eigenvalue weighted by Gasteiger charge is -2.39. The predicted octanol–water partition coefficient (Wildman–Crippen LogP) is 2.52. The standard InChI is InChI=1S/C19H20ClN3O3/c1-11-7-12(2)21-18(25)17(11)19(26)22-10-16(24)23(9-13(22)3)15-6-4-5-14(20)8-15/h4-8,13H,9-10H2,1-3H3,(H,21,25). The average molecular weight is 374 g/mol. The zero-order chi connectivity index (χ0) is 19.0. The number of benzene rings is 1. The molecule has 1 aromatic carbocycles. The third kappa shape index (κ3) is 3.37. The number of piperazine rings is 1. The molecule has 0 bridgehead atoms. The van der Waals surface area contributed by atoms with Gasteiger partial charge in [0.25, 0.3) is 11.5 Å². The number of hydrogen-bond acceptors (Lipinski definition) is 3. The highest BCUT2D eigenvalue weighted by molar-refractivity contribution is 6.30. The first-order valence-electron chi connectivity index (χ1n) is 8.35. The molecule has 0 saturated carbocycles. The molecule has 6 nitrogen and oxygen atoms in total. The summed E-state index contributed by atoms with van der Waals surface area (Å²) < 4.78 is 0. The SMILES string of the molecule is Cc1cc(C)c(C(=O)N2CC(=O)N(c3cccc(Cl)c3)CC2C)c(=O)[nH]1. The molecule has 1 aliphatic rings. The Morgan fingerprint density at radius 3 is 2.62 bits per heavy atom. The second kappa shape index (κ2) is 6.96. The maximum Gasteiger partial charge on any atom is 0.261 e. The van der Waals surface area contributed by atoms with Crippen molar-refractivity contribution in [1.82, 2.24) is 9.88 Å². The fourth-order valence-electron chi connectivity index (χ4n) is 3.28. The van der Waals surface area contributed by atoms with Crippen molar-refractivity contribution in [3.8, 4) is 0 Å². The highest BCUT2D eigenvalue weighted by Crippen LogP contribution is 2.24. The Kier molecular flexibility index (Phi) is 4.87. The summed E-state index contributed by atoms with van der Waals surface area (Å²) in [6, 6.07) is 8.57. The van der Waals surface area contributed by atoms with E-state index in [2.05, 4.69) is 4.98 Å². The second-order valence-corrected chi connectivity index (χ2v) is 7.04. The average Bonchev–Trinajstić information content (AvgIpc) is 2.55. The third-order valence-corrected chi connectivity index (χ3v) is 4.78. The van der Waals surface area contributed by atoms with E-state index in [1.54, 1.807) is 43.0 Å². The molecular weight excluding hydrogens is 354 g/mol. The molecule has 2 heterocycles. The summed E-state index contributed by atoms with van der Waals surface area (Å²) in [5, 5.41) is 0.545. The van der Waals surface area contributed by atoms with Crippen LogP contribution < -0.4 is 10.5 Å². The van der Waals surface area contributed by atoms with Crippen molar-refractivity contribution in [3.63, 3.8) is 0 Å². The minimum absolute atomic E-state index is 0.0841. The molecule has 7 heteroatoms. The van der Waals surface area contributed by atoms with Crippen LogP contribution in [-0.2, 0) is 4.79 Å². The van der Waals surface area contributed by atoms with Gasteiger partial charge in [-0.15, -0.1) is 0 Å². The summed E-state index contributed by atoms with van der Waals surface area (Å²) >= 11 is 6.01. The van der Waals surface area contributed by atoms with Crippen molar-refractivity contribution in [2.45, 2.75) is 26.8 Å². The Morgan fingerprint density at radius 2 is 1.96 bits per heavy atom. The third-order valence-electron chi connectivity index (χ3n) is 4.55. The van der Waals surface area contributed by atoms with E-state index in [0.717, 1.165) is 0 Å². The Bertz CT molecular complexity index is 938. The van der Waals surface area contributed by atoms with Crippen LogP contribution in [0.2, 0.25) is 5.02 Å². The number of aromatic amines is 1. The smallest absolute Gasteiger partial charge is 0.261 e. The quantitative estimate of drug-likeness (QED) is 0.879. The molecule has 1 atom stereocenters. The van der Waals surface area contributed by atoms with Crippen LogP contribution in [0.4, 0.5) is 5.69 Å². The normalized spacial score (nSPS) is 17.5. The molecule has 1 fully saturated rings. The van der Waals surface area contributed by atoms with Gasteiger partial charge in [0.15, 0.2) is 0 Å². The number of anilines is 1. The van der Waals surface area contributed by atoms with Crippen molar-refractivity contribution >= 4 is 29.1 Å². The van der Waals surface area contributed by atoms with Crippen molar-refractivity contribution in [2.24, 2.45) is 0 Å². The van der Waals surface area contributed by atoms with Crippen LogP contribution in [0, 0.1) is 13.8 Å². The number of carbonyl (C=O) groups is 2. The summed E-state index contributed by atoms with van der Waals surface area (Å²) in [4.78, 5) is 43.5. The Balaban J connectivity index is 1.87. The number of pyridine rings is 1. The van der Waals surface area contributed by atoms with Gasteiger partial charge in [-0.25, -0.2) is 0 Å². The van der Waals surface area contributed by atoms with Crippen LogP contribution in [-0.4, -0.2) is 40.8 Å². The molecule has 0 radical (unpaired) electrons. The number of carbonyl (C=O) groups excluding carboxylic acids is 2. The monoisotopic (exact) mass is 373 g/mol. The maximum absolute atomic E-state index is 12.9. The van der Waals surface area contributed by atoms with Gasteiger partial charge in [-0.3, -0.25) is 14.4 Å². The second-order valence-electron chi connectivity index (χ2n) is 6.61. The van der Waals surface area contributed by atoms with Gasteiger partial charge in [0.1, 0.15) is 12.1 Å². The molecule has 1 unspecified atom stereocenters. The lowest BCUT2D eigenvalue weighted by atomic mass is 10.1. The van der Waals surface area contributed by atoms with Gasteiger partial charge in [-0.1, -0.05) is 17.7 Å². The largest absolute Gasteiger partial charge is 0.326 e. The summed E-state index contributed by atoms with van der Waals surface area (Å²) in [5.41, 5.74) is 1.66. The molecule has 0 aliphatic carbocycles. The number of rotatable bonds is 2. The first kappa shape index (κ1) is 18.2. The van der Waals surface area contributed by atoms with Crippen LogP contribution in [0.3, 0.4) is 0 Å². The molecule has 1 saturated heterocycles. The number of H-pyrrole nitrogens is 1. The van der Waals surface area contributed by atoms with Gasteiger partial charge in [0, 0.05) is 29.0 Å². The highest BCUT2D eigenvalue weighted by atomic mass is 35.5. The first-order chi connectivity index (χ1) is 12.3. The van der Waals surface area contributed by atoms with Crippen LogP contribution >= 0.6 is 11.6 Å². The van der Waals surface area contributed by atoms with Crippen LogP contribution in [0.5, 0.6) is 0 Å². The molecule has 0 spiro atoms. The zero-order valence-corrected chi connectivity index (χ0v) is 15.6. The molecule has 1 N–H and O–H groups in total. The molecule has 3 rings (SSSR count). The molecule has 136 valence electrons. The van der Waals surface area contributed by atoms with Crippen molar-refractivity contribution in [2.75, 3.05) is 18.0 Å². The van der Waals surface area contributed by atoms with E-state index in [0.29, 0.717) is 28.5 Å². The summed E-state index contributed by atoms with van der Waals surface area (Å²) in [6.07, 6.45) is 0. The number of aryl methyl sites for hydroxylation is 2. The minimum Gasteiger partial charge on any atom is -0.326 e. The van der Waals surface area contributed by atoms with E-state index in [-0.39, 0.29) is 24.1 Å². The number of nitrogens with one attached hydrogen (secondary N) is 1. The van der Waals surface area contributed by atoms with Crippen molar-refractivity contribution < 1.29 is 9.59 Å². The first-order valence-corrected chi connectivity index (χ1v) is 8.73. The molecular formula is C19H20ClN3O3. The number of amides is 2. The lowest BCUT2D eigenvalue weighted by molar-refractivity contribution is -0.121. The van der Waals surface area contributed by atoms with E-state index in [9.17, 15) is 14.4 Å². The zero-order valence-electron chi connectivity index (χ0n) is 14.9. The predicted molar refractivity (Wildman–Crippen MR) is 101 cm³/mol. The molecule has 26 heavy (non-hydrogen) atoms. The van der Waals surface area contributed by atoms with Gasteiger partial charge in [0.2, 0.25) is 5.91 Å². The molecule has 1 aliphatic heterocycles. The summed E-state index contributed by atoms with van der Waals surface area (Å²) in [6.45, 7) is 5.61. The molecule has 2 amide bonds. The van der Waals surface area contributed by atoms with Crippen molar-refractivity contribution in [3.05, 3.63) is 62.5 Å². The maximum atomic E-state index is 12.9. The Hall–Kier alpha value is -2.60. The summed E-state index contributed by atoms with van der Waals surface area (Å²) in [7, 11) is 0. The van der Waals surface area contributed by atoms with Gasteiger partial charge >= 0.3 is 0 Å². The van der Waals surface area contributed by atoms with Gasteiger partial charge in [-0.2, -0.15) is 0 Å². The van der Waals surface area contributed by atoms with Crippen LogP contribution in [0.15, 0.2) is 35.1 Å². The van der Waals surface area contributed by atoms with Gasteiger partial charge < -0.3 is 14.8 Å². The van der Waals surface area contributed by atoms with E-state index < -0.39 is 11.5 Å². The number of nitrogens with zero attached hydrogens (tertiary/aromatic N) is 2. The topological polar surface area (TPSA) is 73.5 Å². The minimum atomic E-state index is -0.426. The molecule has 1 aromatic heterocycles. The lowest BCUT2D eigenvalue weighted by Crippen LogP contribution is -2.57. The fraction of sp³-hybridized carbons (Fsp3) is 0.316. The Labute approximate surface area is 156 Å². The van der Waals surface area contributed by atoms with Crippen LogP contribution in [0.25, 0.3) is 0 Å². The van der Waals surface area contributed by atoms with E-state index >= 15 is 0 Å².